The Bertz CT molecular complexity index is 424. The van der Waals surface area contributed by atoms with Gasteiger partial charge in [0.05, 0.1) is 11.6 Å². The van der Waals surface area contributed by atoms with Gasteiger partial charge in [0.2, 0.25) is 0 Å². The maximum absolute atomic E-state index is 11.4. The van der Waals surface area contributed by atoms with Gasteiger partial charge in [-0.05, 0) is 30.7 Å². The van der Waals surface area contributed by atoms with Crippen molar-refractivity contribution in [2.24, 2.45) is 0 Å². The van der Waals surface area contributed by atoms with Gasteiger partial charge in [0.1, 0.15) is 5.75 Å². The minimum atomic E-state index is -0.369. The van der Waals surface area contributed by atoms with Gasteiger partial charge in [-0.25, -0.2) is 4.79 Å². The fourth-order valence-electron chi connectivity index (χ4n) is 1.55. The van der Waals surface area contributed by atoms with Gasteiger partial charge in [0, 0.05) is 6.54 Å². The Morgan fingerprint density at radius 1 is 1.35 bits per heavy atom. The molecule has 1 N–H and O–H groups in total. The Balaban J connectivity index is 2.42. The number of carbonyl (C=O) groups is 1. The molecule has 4 nitrogen and oxygen atoms in total. The van der Waals surface area contributed by atoms with Crippen molar-refractivity contribution in [1.82, 2.24) is 5.32 Å². The third-order valence-corrected chi connectivity index (χ3v) is 2.98. The van der Waals surface area contributed by atoms with E-state index in [1.54, 1.807) is 6.07 Å². The molecule has 0 aliphatic rings. The van der Waals surface area contributed by atoms with Crippen molar-refractivity contribution in [3.63, 3.8) is 0 Å². The number of unbranched alkanes of at least 4 members (excludes halogenated alkanes) is 1. The van der Waals surface area contributed by atoms with Crippen LogP contribution in [0.2, 0.25) is 5.02 Å². The summed E-state index contributed by atoms with van der Waals surface area (Å²) in [5.74, 6) is 0.130. The molecule has 0 aliphatic carbocycles. The molecule has 0 atom stereocenters. The summed E-state index contributed by atoms with van der Waals surface area (Å²) in [7, 11) is 0. The molecule has 0 bridgehead atoms. The van der Waals surface area contributed by atoms with Crippen molar-refractivity contribution < 1.29 is 14.3 Å². The lowest BCUT2D eigenvalue weighted by atomic mass is 10.2. The zero-order chi connectivity index (χ0) is 14.8. The molecule has 0 radical (unpaired) electrons. The van der Waals surface area contributed by atoms with Crippen LogP contribution in [0.5, 0.6) is 5.75 Å². The van der Waals surface area contributed by atoms with Gasteiger partial charge in [0.25, 0.3) is 0 Å². The van der Waals surface area contributed by atoms with Crippen LogP contribution in [0, 0.1) is 0 Å². The zero-order valence-electron chi connectivity index (χ0n) is 12.1. The van der Waals surface area contributed by atoms with E-state index in [1.165, 1.54) is 0 Å². The van der Waals surface area contributed by atoms with Gasteiger partial charge < -0.3 is 14.8 Å². The van der Waals surface area contributed by atoms with Gasteiger partial charge in [-0.1, -0.05) is 37.9 Å². The Labute approximate surface area is 125 Å². The number of nitrogens with one attached hydrogen (secondary N) is 1. The molecule has 112 valence electrons. The molecule has 1 aromatic rings. The van der Waals surface area contributed by atoms with Crippen LogP contribution in [0.25, 0.3) is 0 Å². The quantitative estimate of drug-likeness (QED) is 0.562. The average molecular weight is 300 g/mol. The van der Waals surface area contributed by atoms with Crippen molar-refractivity contribution in [3.8, 4) is 5.75 Å². The molecule has 0 aromatic heterocycles. The fourth-order valence-corrected chi connectivity index (χ4v) is 1.81. The molecule has 20 heavy (non-hydrogen) atoms. The highest BCUT2D eigenvalue weighted by Gasteiger charge is 2.07. The van der Waals surface area contributed by atoms with E-state index >= 15 is 0 Å². The number of ether oxygens (including phenoxy) is 2. The van der Waals surface area contributed by atoms with Gasteiger partial charge in [-0.3, -0.25) is 0 Å². The summed E-state index contributed by atoms with van der Waals surface area (Å²) in [5.41, 5.74) is 1.08. The number of rotatable bonds is 9. The van der Waals surface area contributed by atoms with Crippen molar-refractivity contribution >= 4 is 17.6 Å². The second-order valence-corrected chi connectivity index (χ2v) is 4.82. The first kappa shape index (κ1) is 16.8. The minimum absolute atomic E-state index is 0.115. The molecule has 0 spiro atoms. The number of carbonyl (C=O) groups excluding carboxylic acids is 1. The fraction of sp³-hybridized carbons (Fsp3) is 0.533. The van der Waals surface area contributed by atoms with Crippen LogP contribution >= 0.6 is 11.6 Å². The second-order valence-electron chi connectivity index (χ2n) is 4.41. The Hall–Kier alpha value is -1.26. The number of benzene rings is 1. The van der Waals surface area contributed by atoms with Crippen LogP contribution in [-0.4, -0.2) is 25.7 Å². The lowest BCUT2D eigenvalue weighted by Gasteiger charge is -2.09. The average Bonchev–Trinajstić information content (AvgIpc) is 2.44. The van der Waals surface area contributed by atoms with E-state index in [-0.39, 0.29) is 12.6 Å². The van der Waals surface area contributed by atoms with Crippen molar-refractivity contribution in [3.05, 3.63) is 28.8 Å². The number of hydrogen-bond donors (Lipinski definition) is 1. The van der Waals surface area contributed by atoms with E-state index in [1.807, 2.05) is 26.0 Å². The first-order chi connectivity index (χ1) is 9.67. The molecule has 0 fully saturated rings. The molecule has 0 aliphatic heterocycles. The Morgan fingerprint density at radius 2 is 2.15 bits per heavy atom. The zero-order valence-corrected chi connectivity index (χ0v) is 12.8. The molecule has 0 saturated carbocycles. The molecule has 0 saturated heterocycles. The Morgan fingerprint density at radius 3 is 2.80 bits per heavy atom. The third-order valence-electron chi connectivity index (χ3n) is 2.68. The maximum Gasteiger partial charge on any atom is 0.344 e. The van der Waals surface area contributed by atoms with E-state index < -0.39 is 0 Å². The molecule has 1 aromatic carbocycles. The summed E-state index contributed by atoms with van der Waals surface area (Å²) in [6.07, 6.45) is 1.86. The maximum atomic E-state index is 11.4. The molecule has 0 unspecified atom stereocenters. The van der Waals surface area contributed by atoms with E-state index in [0.29, 0.717) is 17.4 Å². The van der Waals surface area contributed by atoms with E-state index in [9.17, 15) is 4.79 Å². The van der Waals surface area contributed by atoms with Crippen LogP contribution < -0.4 is 10.1 Å². The summed E-state index contributed by atoms with van der Waals surface area (Å²) >= 11 is 6.11. The van der Waals surface area contributed by atoms with Crippen LogP contribution in [0.3, 0.4) is 0 Å². The lowest BCUT2D eigenvalue weighted by Crippen LogP contribution is -2.16. The van der Waals surface area contributed by atoms with Gasteiger partial charge >= 0.3 is 5.97 Å². The van der Waals surface area contributed by atoms with Crippen molar-refractivity contribution in [1.29, 1.82) is 0 Å². The van der Waals surface area contributed by atoms with Crippen LogP contribution in [0.4, 0.5) is 0 Å². The summed E-state index contributed by atoms with van der Waals surface area (Å²) in [6.45, 7) is 6.07. The SMILES string of the molecule is CCCCOC(=O)COc1ccc(CNCC)cc1Cl. The highest BCUT2D eigenvalue weighted by atomic mass is 35.5. The molecule has 0 heterocycles. The molecular weight excluding hydrogens is 278 g/mol. The smallest absolute Gasteiger partial charge is 0.344 e. The minimum Gasteiger partial charge on any atom is -0.480 e. The highest BCUT2D eigenvalue weighted by Crippen LogP contribution is 2.25. The van der Waals surface area contributed by atoms with Gasteiger partial charge in [-0.2, -0.15) is 0 Å². The first-order valence-corrected chi connectivity index (χ1v) is 7.32. The predicted molar refractivity (Wildman–Crippen MR) is 80.2 cm³/mol. The van der Waals surface area contributed by atoms with Crippen LogP contribution in [0.1, 0.15) is 32.3 Å². The summed E-state index contributed by atoms with van der Waals surface area (Å²) in [4.78, 5) is 11.4. The van der Waals surface area contributed by atoms with E-state index in [2.05, 4.69) is 5.32 Å². The third kappa shape index (κ3) is 6.26. The second kappa shape index (κ2) is 9.61. The summed E-state index contributed by atoms with van der Waals surface area (Å²) in [5, 5.41) is 3.72. The lowest BCUT2D eigenvalue weighted by molar-refractivity contribution is -0.146. The summed E-state index contributed by atoms with van der Waals surface area (Å²) in [6, 6.07) is 5.53. The van der Waals surface area contributed by atoms with Crippen LogP contribution in [0.15, 0.2) is 18.2 Å². The molecular formula is C15H22ClNO3. The van der Waals surface area contributed by atoms with Crippen molar-refractivity contribution in [2.75, 3.05) is 19.8 Å². The van der Waals surface area contributed by atoms with Crippen molar-refractivity contribution in [2.45, 2.75) is 33.2 Å². The summed E-state index contributed by atoms with van der Waals surface area (Å²) < 4.78 is 10.4. The normalized spacial score (nSPS) is 10.3. The van der Waals surface area contributed by atoms with E-state index in [0.717, 1.165) is 31.5 Å². The standard InChI is InChI=1S/C15H22ClNO3/c1-3-5-8-19-15(18)11-20-14-7-6-12(9-13(14)16)10-17-4-2/h6-7,9,17H,3-5,8,10-11H2,1-2H3. The molecule has 5 heteroatoms. The molecule has 1 rings (SSSR count). The monoisotopic (exact) mass is 299 g/mol. The first-order valence-electron chi connectivity index (χ1n) is 6.95. The Kier molecular flexibility index (Phi) is 8.07. The molecule has 0 amide bonds. The van der Waals surface area contributed by atoms with E-state index in [4.69, 9.17) is 21.1 Å². The number of halogens is 1. The van der Waals surface area contributed by atoms with Gasteiger partial charge in [-0.15, -0.1) is 0 Å². The van der Waals surface area contributed by atoms with Gasteiger partial charge in [0.15, 0.2) is 6.61 Å². The topological polar surface area (TPSA) is 47.6 Å². The highest BCUT2D eigenvalue weighted by molar-refractivity contribution is 6.32. The number of hydrogen-bond acceptors (Lipinski definition) is 4. The predicted octanol–water partition coefficient (Wildman–Crippen LogP) is 3.17. The van der Waals surface area contributed by atoms with Crippen LogP contribution in [-0.2, 0) is 16.1 Å². The number of esters is 1. The largest absolute Gasteiger partial charge is 0.480 e.